The molecule has 0 spiro atoms. The largest absolute Gasteiger partial charge is 0.480 e. The Morgan fingerprint density at radius 2 is 2.53 bits per heavy atom. The molecule has 0 amide bonds. The van der Waals surface area contributed by atoms with E-state index in [0.29, 0.717) is 12.8 Å². The van der Waals surface area contributed by atoms with Gasteiger partial charge in [0.1, 0.15) is 5.54 Å². The van der Waals surface area contributed by atoms with E-state index in [4.69, 9.17) is 0 Å². The third kappa shape index (κ3) is 2.48. The van der Waals surface area contributed by atoms with Crippen LogP contribution in [0.3, 0.4) is 0 Å². The number of rotatable bonds is 3. The maximum absolute atomic E-state index is 11.2. The summed E-state index contributed by atoms with van der Waals surface area (Å²) in [5.74, 6) is -0.761. The summed E-state index contributed by atoms with van der Waals surface area (Å²) in [5.41, 5.74) is 1.83. The molecule has 15 heavy (non-hydrogen) atoms. The molecule has 4 nitrogen and oxygen atoms in total. The average molecular weight is 249 g/mol. The lowest BCUT2D eigenvalue weighted by atomic mass is 9.92. The number of nitrogens with zero attached hydrogens (tertiary/aromatic N) is 1. The first-order valence-electron chi connectivity index (χ1n) is 4.58. The Morgan fingerprint density at radius 3 is 3.00 bits per heavy atom. The van der Waals surface area contributed by atoms with Crippen molar-refractivity contribution in [3.8, 4) is 0 Å². The first-order valence-corrected chi connectivity index (χ1v) is 5.53. The highest BCUT2D eigenvalue weighted by Gasteiger charge is 2.41. The summed E-state index contributed by atoms with van der Waals surface area (Å²) in [6.45, 7) is 0.788. The maximum Gasteiger partial charge on any atom is 0.324 e. The van der Waals surface area contributed by atoms with Crippen molar-refractivity contribution >= 4 is 29.7 Å². The van der Waals surface area contributed by atoms with Crippen molar-refractivity contribution in [2.24, 2.45) is 0 Å². The lowest BCUT2D eigenvalue weighted by Gasteiger charge is -2.23. The summed E-state index contributed by atoms with van der Waals surface area (Å²) in [6, 6.07) is 0. The van der Waals surface area contributed by atoms with Crippen LogP contribution >= 0.6 is 23.7 Å². The van der Waals surface area contributed by atoms with E-state index < -0.39 is 11.5 Å². The monoisotopic (exact) mass is 248 g/mol. The third-order valence-corrected chi connectivity index (χ3v) is 3.25. The predicted octanol–water partition coefficient (Wildman–Crippen LogP) is 1.31. The van der Waals surface area contributed by atoms with E-state index >= 15 is 0 Å². The van der Waals surface area contributed by atoms with Crippen LogP contribution in [0.2, 0.25) is 0 Å². The van der Waals surface area contributed by atoms with Crippen LogP contribution in [-0.2, 0) is 11.2 Å². The fourth-order valence-corrected chi connectivity index (χ4v) is 2.41. The lowest BCUT2D eigenvalue weighted by molar-refractivity contribution is -0.144. The van der Waals surface area contributed by atoms with Crippen LogP contribution in [-0.4, -0.2) is 28.1 Å². The highest BCUT2D eigenvalue weighted by molar-refractivity contribution is 7.07. The molecule has 0 aliphatic carbocycles. The molecule has 2 heterocycles. The van der Waals surface area contributed by atoms with Crippen LogP contribution in [0.4, 0.5) is 0 Å². The molecule has 6 heteroatoms. The highest BCUT2D eigenvalue weighted by atomic mass is 35.5. The Balaban J connectivity index is 0.00000112. The Hall–Kier alpha value is -0.650. The summed E-state index contributed by atoms with van der Waals surface area (Å²) in [6.07, 6.45) is 2.11. The number of carboxylic acid groups (broad SMARTS) is 1. The normalized spacial score (nSPS) is 24.8. The van der Waals surface area contributed by atoms with Gasteiger partial charge < -0.3 is 10.4 Å². The minimum atomic E-state index is -0.770. The number of aliphatic carboxylic acids is 1. The van der Waals surface area contributed by atoms with Crippen molar-refractivity contribution in [2.75, 3.05) is 6.54 Å². The average Bonchev–Trinajstić information content (AvgIpc) is 2.76. The van der Waals surface area contributed by atoms with Crippen LogP contribution in [0, 0.1) is 0 Å². The summed E-state index contributed by atoms with van der Waals surface area (Å²) in [4.78, 5) is 15.3. The van der Waals surface area contributed by atoms with E-state index in [2.05, 4.69) is 10.3 Å². The second-order valence-electron chi connectivity index (χ2n) is 3.57. The van der Waals surface area contributed by atoms with E-state index in [-0.39, 0.29) is 12.4 Å². The Bertz CT molecular complexity index is 323. The van der Waals surface area contributed by atoms with Gasteiger partial charge >= 0.3 is 5.97 Å². The fraction of sp³-hybridized carbons (Fsp3) is 0.556. The van der Waals surface area contributed by atoms with E-state index in [1.807, 2.05) is 5.38 Å². The van der Waals surface area contributed by atoms with E-state index in [1.165, 1.54) is 11.3 Å². The van der Waals surface area contributed by atoms with Crippen LogP contribution < -0.4 is 5.32 Å². The molecule has 0 aromatic carbocycles. The molecule has 0 bridgehead atoms. The molecule has 84 valence electrons. The molecule has 0 saturated carbocycles. The van der Waals surface area contributed by atoms with Gasteiger partial charge in [-0.2, -0.15) is 0 Å². The van der Waals surface area contributed by atoms with Gasteiger partial charge in [-0.15, -0.1) is 23.7 Å². The Labute approximate surface area is 98.1 Å². The summed E-state index contributed by atoms with van der Waals surface area (Å²) < 4.78 is 0. The number of hydrogen-bond donors (Lipinski definition) is 2. The zero-order valence-corrected chi connectivity index (χ0v) is 9.74. The smallest absolute Gasteiger partial charge is 0.324 e. The zero-order valence-electron chi connectivity index (χ0n) is 8.10. The number of carboxylic acids is 1. The van der Waals surface area contributed by atoms with Gasteiger partial charge in [-0.25, -0.2) is 4.98 Å². The minimum absolute atomic E-state index is 0. The number of aromatic nitrogens is 1. The number of nitrogens with one attached hydrogen (secondary N) is 1. The van der Waals surface area contributed by atoms with Crippen molar-refractivity contribution in [3.63, 3.8) is 0 Å². The van der Waals surface area contributed by atoms with Gasteiger partial charge in [0.25, 0.3) is 0 Å². The minimum Gasteiger partial charge on any atom is -0.480 e. The first kappa shape index (κ1) is 12.4. The molecule has 1 aromatic rings. The van der Waals surface area contributed by atoms with Crippen molar-refractivity contribution in [2.45, 2.75) is 24.8 Å². The third-order valence-electron chi connectivity index (χ3n) is 2.62. The van der Waals surface area contributed by atoms with E-state index in [9.17, 15) is 9.90 Å². The van der Waals surface area contributed by atoms with E-state index in [1.54, 1.807) is 5.51 Å². The van der Waals surface area contributed by atoms with Crippen molar-refractivity contribution in [1.82, 2.24) is 10.3 Å². The van der Waals surface area contributed by atoms with Crippen LogP contribution in [0.25, 0.3) is 0 Å². The Morgan fingerprint density at radius 1 is 1.73 bits per heavy atom. The number of thiazole rings is 1. The molecule has 1 aromatic heterocycles. The van der Waals surface area contributed by atoms with Gasteiger partial charge in [0.05, 0.1) is 11.2 Å². The number of carbonyl (C=O) groups is 1. The quantitative estimate of drug-likeness (QED) is 0.847. The van der Waals surface area contributed by atoms with Crippen LogP contribution in [0.1, 0.15) is 18.5 Å². The molecule has 1 atom stereocenters. The summed E-state index contributed by atoms with van der Waals surface area (Å²) >= 11 is 1.50. The molecule has 1 aliphatic heterocycles. The zero-order chi connectivity index (χ0) is 10.0. The first-order chi connectivity index (χ1) is 6.73. The van der Waals surface area contributed by atoms with Crippen LogP contribution in [0.15, 0.2) is 10.9 Å². The van der Waals surface area contributed by atoms with E-state index in [0.717, 1.165) is 18.7 Å². The maximum atomic E-state index is 11.2. The Kier molecular flexibility index (Phi) is 4.07. The summed E-state index contributed by atoms with van der Waals surface area (Å²) in [7, 11) is 0. The SMILES string of the molecule is Cl.O=C(O)[C@@]1(Cc2cscn2)CCCN1. The number of hydrogen-bond acceptors (Lipinski definition) is 4. The molecule has 2 N–H and O–H groups in total. The molecule has 1 aliphatic rings. The van der Waals surface area contributed by atoms with Gasteiger partial charge in [0.15, 0.2) is 0 Å². The second-order valence-corrected chi connectivity index (χ2v) is 4.29. The van der Waals surface area contributed by atoms with Gasteiger partial charge in [-0.3, -0.25) is 4.79 Å². The standard InChI is InChI=1S/C9H12N2O2S.ClH/c12-8(13)9(2-1-3-11-9)4-7-5-14-6-10-7;/h5-6,11H,1-4H2,(H,12,13);1H/t9-;/m0./s1. The second kappa shape index (κ2) is 4.92. The molecular weight excluding hydrogens is 236 g/mol. The van der Waals surface area contributed by atoms with Gasteiger partial charge in [0, 0.05) is 11.8 Å². The fourth-order valence-electron chi connectivity index (χ4n) is 1.85. The van der Waals surface area contributed by atoms with Gasteiger partial charge in [-0.05, 0) is 19.4 Å². The molecule has 0 unspecified atom stereocenters. The lowest BCUT2D eigenvalue weighted by Crippen LogP contribution is -2.49. The van der Waals surface area contributed by atoms with Gasteiger partial charge in [0.2, 0.25) is 0 Å². The van der Waals surface area contributed by atoms with Crippen LogP contribution in [0.5, 0.6) is 0 Å². The topological polar surface area (TPSA) is 62.2 Å². The van der Waals surface area contributed by atoms with Crippen molar-refractivity contribution in [3.05, 3.63) is 16.6 Å². The molecular formula is C9H13ClN2O2S. The summed E-state index contributed by atoms with van der Waals surface area (Å²) in [5, 5.41) is 14.2. The van der Waals surface area contributed by atoms with Crippen molar-refractivity contribution in [1.29, 1.82) is 0 Å². The molecule has 1 saturated heterocycles. The predicted molar refractivity (Wildman–Crippen MR) is 60.7 cm³/mol. The number of halogens is 1. The van der Waals surface area contributed by atoms with Gasteiger partial charge in [-0.1, -0.05) is 0 Å². The highest BCUT2D eigenvalue weighted by Crippen LogP contribution is 2.24. The van der Waals surface area contributed by atoms with Crippen molar-refractivity contribution < 1.29 is 9.90 Å². The molecule has 1 fully saturated rings. The molecule has 0 radical (unpaired) electrons. The molecule has 2 rings (SSSR count).